The fraction of sp³-hybridized carbons (Fsp3) is 0.229. The quantitative estimate of drug-likeness (QED) is 0.206. The fourth-order valence-corrected chi connectivity index (χ4v) is 4.86. The van der Waals surface area contributed by atoms with Crippen molar-refractivity contribution in [3.63, 3.8) is 0 Å². The molecule has 46 heavy (non-hydrogen) atoms. The van der Waals surface area contributed by atoms with Crippen LogP contribution >= 0.6 is 0 Å². The minimum atomic E-state index is -1.18. The van der Waals surface area contributed by atoms with E-state index in [1.54, 1.807) is 18.3 Å². The number of pyridine rings is 1. The maximum atomic E-state index is 11.3. The third-order valence-corrected chi connectivity index (χ3v) is 7.24. The van der Waals surface area contributed by atoms with Crippen LogP contribution in [-0.2, 0) is 24.6 Å². The lowest BCUT2D eigenvalue weighted by Crippen LogP contribution is -2.19. The number of aromatic nitrogens is 1. The second-order valence-corrected chi connectivity index (χ2v) is 10.4. The van der Waals surface area contributed by atoms with Crippen LogP contribution in [0.3, 0.4) is 0 Å². The van der Waals surface area contributed by atoms with Gasteiger partial charge in [0.25, 0.3) is 0 Å². The lowest BCUT2D eigenvalue weighted by Gasteiger charge is -2.19. The lowest BCUT2D eigenvalue weighted by atomic mass is 9.96. The Morgan fingerprint density at radius 3 is 2.57 bits per heavy atom. The summed E-state index contributed by atoms with van der Waals surface area (Å²) in [7, 11) is 0. The summed E-state index contributed by atoms with van der Waals surface area (Å²) >= 11 is 0. The Morgan fingerprint density at radius 2 is 1.80 bits per heavy atom. The molecule has 1 aromatic heterocycles. The molecule has 0 bridgehead atoms. The van der Waals surface area contributed by atoms with E-state index < -0.39 is 18.5 Å². The van der Waals surface area contributed by atoms with Crippen molar-refractivity contribution in [2.24, 2.45) is 10.9 Å². The van der Waals surface area contributed by atoms with Gasteiger partial charge in [0.1, 0.15) is 56.0 Å². The molecule has 2 heterocycles. The van der Waals surface area contributed by atoms with E-state index >= 15 is 0 Å². The summed E-state index contributed by atoms with van der Waals surface area (Å²) < 4.78 is 23.7. The summed E-state index contributed by atoms with van der Waals surface area (Å²) in [5.74, 6) is -0.0606. The van der Waals surface area contributed by atoms with Crippen molar-refractivity contribution in [1.82, 2.24) is 4.98 Å². The highest BCUT2D eigenvalue weighted by Gasteiger charge is 2.18. The topological polar surface area (TPSA) is 167 Å². The normalized spacial score (nSPS) is 12.6. The summed E-state index contributed by atoms with van der Waals surface area (Å²) in [6.07, 6.45) is 4.26. The summed E-state index contributed by atoms with van der Waals surface area (Å²) in [5, 5.41) is 37.9. The number of carboxylic acids is 1. The molecule has 11 heteroatoms. The number of ether oxygens (including phenoxy) is 4. The number of carboxylic acid groups (broad SMARTS) is 1. The zero-order chi connectivity index (χ0) is 32.5. The average Bonchev–Trinajstić information content (AvgIpc) is 3.08. The van der Waals surface area contributed by atoms with Crippen LogP contribution in [0.1, 0.15) is 33.4 Å². The smallest absolute Gasteiger partial charge is 0.314 e. The summed E-state index contributed by atoms with van der Waals surface area (Å²) in [6.45, 7) is 2.53. The first-order valence-corrected chi connectivity index (χ1v) is 14.4. The molecule has 4 aromatic rings. The van der Waals surface area contributed by atoms with E-state index in [0.717, 1.165) is 16.7 Å². The van der Waals surface area contributed by atoms with Gasteiger partial charge in [0.05, 0.1) is 24.3 Å². The third kappa shape index (κ3) is 7.41. The van der Waals surface area contributed by atoms with Crippen LogP contribution in [0.4, 0.5) is 0 Å². The molecular weight excluding hydrogens is 588 g/mol. The highest BCUT2D eigenvalue weighted by Crippen LogP contribution is 2.37. The number of aliphatic hydroxyl groups is 1. The fourth-order valence-electron chi connectivity index (χ4n) is 4.86. The molecule has 0 spiro atoms. The zero-order valence-electron chi connectivity index (χ0n) is 25.0. The number of rotatable bonds is 12. The van der Waals surface area contributed by atoms with Crippen LogP contribution < -0.4 is 18.9 Å². The van der Waals surface area contributed by atoms with Gasteiger partial charge in [-0.2, -0.15) is 10.5 Å². The van der Waals surface area contributed by atoms with Crippen LogP contribution in [0.5, 0.6) is 23.0 Å². The van der Waals surface area contributed by atoms with Gasteiger partial charge in [-0.15, -0.1) is 0 Å². The Labute approximate surface area is 265 Å². The minimum Gasteiger partial charge on any atom is -0.488 e. The van der Waals surface area contributed by atoms with Gasteiger partial charge in [-0.1, -0.05) is 24.3 Å². The monoisotopic (exact) mass is 618 g/mol. The first kappa shape index (κ1) is 31.5. The number of aliphatic hydroxyl groups excluding tert-OH is 1. The molecule has 1 unspecified atom stereocenters. The molecule has 1 aliphatic heterocycles. The number of carbonyl (C=O) groups is 1. The third-order valence-electron chi connectivity index (χ3n) is 7.24. The molecule has 0 aliphatic carbocycles. The summed E-state index contributed by atoms with van der Waals surface area (Å²) in [5.41, 5.74) is 5.22. The van der Waals surface area contributed by atoms with Crippen LogP contribution in [0.2, 0.25) is 0 Å². The Balaban J connectivity index is 1.40. The number of hydrogen-bond acceptors (Lipinski definition) is 10. The van der Waals surface area contributed by atoms with Gasteiger partial charge >= 0.3 is 5.97 Å². The van der Waals surface area contributed by atoms with Gasteiger partial charge in [-0.05, 0) is 47.9 Å². The molecule has 0 amide bonds. The predicted molar refractivity (Wildman–Crippen MR) is 167 cm³/mol. The van der Waals surface area contributed by atoms with Crippen molar-refractivity contribution in [2.75, 3.05) is 19.8 Å². The lowest BCUT2D eigenvalue weighted by molar-refractivity contribution is -0.140. The molecule has 11 nitrogen and oxygen atoms in total. The number of aliphatic imine (C=N–C) groups is 1. The Morgan fingerprint density at radius 1 is 1.00 bits per heavy atom. The first-order valence-electron chi connectivity index (χ1n) is 14.4. The molecule has 0 fully saturated rings. The van der Waals surface area contributed by atoms with Crippen LogP contribution in [0, 0.1) is 35.5 Å². The maximum Gasteiger partial charge on any atom is 0.314 e. The van der Waals surface area contributed by atoms with Crippen LogP contribution in [0.25, 0.3) is 11.1 Å². The Bertz CT molecular complexity index is 1860. The number of nitriles is 2. The van der Waals surface area contributed by atoms with E-state index in [1.165, 1.54) is 12.4 Å². The van der Waals surface area contributed by atoms with E-state index in [2.05, 4.69) is 22.1 Å². The first-order chi connectivity index (χ1) is 22.4. The number of hydrogen-bond donors (Lipinski definition) is 2. The standard InChI is InChI=1S/C35H30N4O7/c1-22-9-27(17-39-18-28(19-40)35(41)42)33(45-20-24-10-23(13-36)15-38-16-24)12-32(22)46-21-26-3-2-4-29(30(26)14-37)25-5-6-31-34(11-25)44-8-7-43-31/h2-6,9-12,15-16,18,28,40H,7-8,17,19-21H2,1H3,(H,41,42). The van der Waals surface area contributed by atoms with E-state index in [0.29, 0.717) is 64.0 Å². The average molecular weight is 619 g/mol. The Hall–Kier alpha value is -5.91. The predicted octanol–water partition coefficient (Wildman–Crippen LogP) is 4.99. The second kappa shape index (κ2) is 14.7. The Kier molecular flexibility index (Phi) is 10.1. The molecular formula is C35H30N4O7. The van der Waals surface area contributed by atoms with Crippen molar-refractivity contribution < 1.29 is 34.0 Å². The van der Waals surface area contributed by atoms with Gasteiger partial charge < -0.3 is 29.2 Å². The molecule has 2 N–H and O–H groups in total. The van der Waals surface area contributed by atoms with E-state index in [9.17, 15) is 25.5 Å². The maximum absolute atomic E-state index is 11.3. The molecule has 232 valence electrons. The molecule has 5 rings (SSSR count). The molecule has 1 aliphatic rings. The summed E-state index contributed by atoms with van der Waals surface area (Å²) in [4.78, 5) is 19.6. The van der Waals surface area contributed by atoms with Crippen molar-refractivity contribution in [3.8, 4) is 46.3 Å². The van der Waals surface area contributed by atoms with Gasteiger partial charge in [0.15, 0.2) is 11.5 Å². The highest BCUT2D eigenvalue weighted by atomic mass is 16.6. The van der Waals surface area contributed by atoms with Crippen molar-refractivity contribution in [1.29, 1.82) is 10.5 Å². The number of benzene rings is 3. The van der Waals surface area contributed by atoms with Crippen LogP contribution in [0.15, 0.2) is 72.0 Å². The SMILES string of the molecule is Cc1cc(CN=CC(CO)C(=O)O)c(OCc2cncc(C#N)c2)cc1OCc1cccc(-c2ccc3c(c2)OCCO3)c1C#N. The van der Waals surface area contributed by atoms with Gasteiger partial charge in [0, 0.05) is 41.4 Å². The van der Waals surface area contributed by atoms with Crippen molar-refractivity contribution in [2.45, 2.75) is 26.7 Å². The molecule has 0 saturated carbocycles. The van der Waals surface area contributed by atoms with Gasteiger partial charge in [0.2, 0.25) is 0 Å². The van der Waals surface area contributed by atoms with Gasteiger partial charge in [-0.25, -0.2) is 0 Å². The largest absolute Gasteiger partial charge is 0.488 e. The van der Waals surface area contributed by atoms with Gasteiger partial charge in [-0.3, -0.25) is 14.8 Å². The molecule has 3 aromatic carbocycles. The van der Waals surface area contributed by atoms with Crippen LogP contribution in [-0.4, -0.2) is 47.2 Å². The number of aliphatic carboxylic acids is 1. The molecule has 0 radical (unpaired) electrons. The molecule has 1 atom stereocenters. The zero-order valence-corrected chi connectivity index (χ0v) is 25.0. The highest BCUT2D eigenvalue weighted by molar-refractivity contribution is 5.88. The van der Waals surface area contributed by atoms with E-state index in [4.69, 9.17) is 18.9 Å². The number of fused-ring (bicyclic) bond motifs is 1. The molecule has 0 saturated heterocycles. The van der Waals surface area contributed by atoms with E-state index in [-0.39, 0.29) is 19.8 Å². The number of nitrogens with zero attached hydrogens (tertiary/aromatic N) is 4. The summed E-state index contributed by atoms with van der Waals surface area (Å²) in [6, 6.07) is 20.8. The van der Waals surface area contributed by atoms with Crippen molar-refractivity contribution >= 4 is 12.2 Å². The van der Waals surface area contributed by atoms with E-state index in [1.807, 2.05) is 49.4 Å². The second-order valence-electron chi connectivity index (χ2n) is 10.4. The number of aryl methyl sites for hydroxylation is 1. The van der Waals surface area contributed by atoms with Crippen molar-refractivity contribution in [3.05, 3.63) is 100 Å². The minimum absolute atomic E-state index is 0.0902.